The molecule has 0 spiro atoms. The first kappa shape index (κ1) is 21.3. The van der Waals surface area contributed by atoms with Crippen LogP contribution >= 0.6 is 0 Å². The van der Waals surface area contributed by atoms with Gasteiger partial charge in [0.25, 0.3) is 5.91 Å². The number of hydrogen-bond acceptors (Lipinski definition) is 7. The predicted molar refractivity (Wildman–Crippen MR) is 114 cm³/mol. The fourth-order valence-corrected chi connectivity index (χ4v) is 3.57. The second-order valence-electron chi connectivity index (χ2n) is 7.47. The van der Waals surface area contributed by atoms with Crippen LogP contribution in [0.4, 0.5) is 10.6 Å². The number of carbonyl (C=O) groups is 4. The maximum absolute atomic E-state index is 12.4. The standard InChI is InChI=1S/C22H23N5O5/c28-19-13-24-22(31)27(19)14-16-4-6-17(7-5-16)21(30)32-15-20(29)26-11-9-25(10-12-26)18-3-1-2-8-23-18/h1-8H,9-15H2,(H,24,31). The minimum atomic E-state index is -0.605. The van der Waals surface area contributed by atoms with Crippen molar-refractivity contribution in [2.75, 3.05) is 44.2 Å². The summed E-state index contributed by atoms with van der Waals surface area (Å²) in [7, 11) is 0. The number of anilines is 1. The number of rotatable bonds is 6. The highest BCUT2D eigenvalue weighted by Crippen LogP contribution is 2.14. The van der Waals surface area contributed by atoms with Crippen LogP contribution in [0.25, 0.3) is 0 Å². The lowest BCUT2D eigenvalue weighted by Crippen LogP contribution is -2.50. The van der Waals surface area contributed by atoms with Gasteiger partial charge in [0.15, 0.2) is 6.61 Å². The summed E-state index contributed by atoms with van der Waals surface area (Å²) in [4.78, 5) is 57.2. The van der Waals surface area contributed by atoms with Crippen molar-refractivity contribution in [1.82, 2.24) is 20.1 Å². The zero-order valence-electron chi connectivity index (χ0n) is 17.4. The Morgan fingerprint density at radius 3 is 2.38 bits per heavy atom. The topological polar surface area (TPSA) is 112 Å². The van der Waals surface area contributed by atoms with Crippen molar-refractivity contribution in [3.8, 4) is 0 Å². The summed E-state index contributed by atoms with van der Waals surface area (Å²) < 4.78 is 5.18. The summed E-state index contributed by atoms with van der Waals surface area (Å²) in [5.74, 6) is -0.261. The van der Waals surface area contributed by atoms with Crippen molar-refractivity contribution in [2.45, 2.75) is 6.54 Å². The second kappa shape index (κ2) is 9.46. The number of amides is 4. The maximum Gasteiger partial charge on any atom is 0.338 e. The normalized spacial score (nSPS) is 16.2. The maximum atomic E-state index is 12.4. The van der Waals surface area contributed by atoms with Crippen LogP contribution < -0.4 is 10.2 Å². The summed E-state index contributed by atoms with van der Waals surface area (Å²) in [6.45, 7) is 2.19. The van der Waals surface area contributed by atoms with Crippen molar-refractivity contribution in [3.63, 3.8) is 0 Å². The molecule has 10 nitrogen and oxygen atoms in total. The molecule has 2 aliphatic heterocycles. The summed E-state index contributed by atoms with van der Waals surface area (Å²) in [5, 5.41) is 2.46. The highest BCUT2D eigenvalue weighted by atomic mass is 16.5. The fraction of sp³-hybridized carbons (Fsp3) is 0.318. The van der Waals surface area contributed by atoms with Gasteiger partial charge < -0.3 is 19.9 Å². The monoisotopic (exact) mass is 437 g/mol. The number of esters is 1. The van der Waals surface area contributed by atoms with Gasteiger partial charge in [0, 0.05) is 32.4 Å². The Balaban J connectivity index is 1.23. The first-order valence-electron chi connectivity index (χ1n) is 10.3. The fourth-order valence-electron chi connectivity index (χ4n) is 3.57. The van der Waals surface area contributed by atoms with Crippen LogP contribution in [0.5, 0.6) is 0 Å². The van der Waals surface area contributed by atoms with Crippen LogP contribution in [-0.4, -0.2) is 77.9 Å². The van der Waals surface area contributed by atoms with Gasteiger partial charge in [0.1, 0.15) is 5.82 Å². The lowest BCUT2D eigenvalue weighted by molar-refractivity contribution is -0.134. The second-order valence-corrected chi connectivity index (χ2v) is 7.47. The van der Waals surface area contributed by atoms with Crippen LogP contribution in [0.2, 0.25) is 0 Å². The molecule has 0 radical (unpaired) electrons. The smallest absolute Gasteiger partial charge is 0.338 e. The molecule has 0 saturated carbocycles. The lowest BCUT2D eigenvalue weighted by Gasteiger charge is -2.35. The molecular weight excluding hydrogens is 414 g/mol. The quantitative estimate of drug-likeness (QED) is 0.521. The van der Waals surface area contributed by atoms with E-state index in [2.05, 4.69) is 15.2 Å². The average molecular weight is 437 g/mol. The Bertz CT molecular complexity index is 987. The van der Waals surface area contributed by atoms with Crippen molar-refractivity contribution in [3.05, 3.63) is 59.8 Å². The molecule has 4 rings (SSSR count). The number of nitrogens with zero attached hydrogens (tertiary/aromatic N) is 4. The number of hydrogen-bond donors (Lipinski definition) is 1. The molecule has 32 heavy (non-hydrogen) atoms. The molecule has 0 aliphatic carbocycles. The molecule has 2 saturated heterocycles. The molecule has 2 aliphatic rings. The van der Waals surface area contributed by atoms with Crippen molar-refractivity contribution >= 4 is 29.6 Å². The zero-order chi connectivity index (χ0) is 22.5. The molecule has 166 valence electrons. The van der Waals surface area contributed by atoms with Crippen molar-refractivity contribution in [2.24, 2.45) is 0 Å². The summed E-state index contributed by atoms with van der Waals surface area (Å²) in [5.41, 5.74) is 0.993. The minimum Gasteiger partial charge on any atom is -0.452 e. The molecule has 4 amide bonds. The van der Waals surface area contributed by atoms with E-state index in [1.54, 1.807) is 35.4 Å². The molecule has 0 atom stereocenters. The summed E-state index contributed by atoms with van der Waals surface area (Å²) in [6, 6.07) is 11.7. The minimum absolute atomic E-state index is 0.00450. The molecule has 0 unspecified atom stereocenters. The van der Waals surface area contributed by atoms with E-state index in [1.807, 2.05) is 18.2 Å². The Labute approximate surface area is 184 Å². The Morgan fingerprint density at radius 2 is 1.75 bits per heavy atom. The molecule has 10 heteroatoms. The van der Waals surface area contributed by atoms with Crippen LogP contribution in [0, 0.1) is 0 Å². The van der Waals surface area contributed by atoms with Gasteiger partial charge in [-0.1, -0.05) is 18.2 Å². The third-order valence-corrected chi connectivity index (χ3v) is 5.40. The molecular formula is C22H23N5O5. The number of nitrogens with one attached hydrogen (secondary N) is 1. The third kappa shape index (κ3) is 4.85. The van der Waals surface area contributed by atoms with Crippen LogP contribution in [-0.2, 0) is 20.9 Å². The molecule has 2 fully saturated rings. The highest BCUT2D eigenvalue weighted by Gasteiger charge is 2.28. The van der Waals surface area contributed by atoms with Crippen LogP contribution in [0.1, 0.15) is 15.9 Å². The van der Waals surface area contributed by atoms with Crippen molar-refractivity contribution < 1.29 is 23.9 Å². The number of aromatic nitrogens is 1. The van der Waals surface area contributed by atoms with Crippen molar-refractivity contribution in [1.29, 1.82) is 0 Å². The van der Waals surface area contributed by atoms with Gasteiger partial charge in [0.05, 0.1) is 18.7 Å². The number of imide groups is 1. The Morgan fingerprint density at radius 1 is 1.00 bits per heavy atom. The first-order valence-corrected chi connectivity index (χ1v) is 10.3. The van der Waals surface area contributed by atoms with Gasteiger partial charge in [-0.2, -0.15) is 0 Å². The van der Waals surface area contributed by atoms with Crippen LogP contribution in [0.15, 0.2) is 48.7 Å². The molecule has 1 aromatic carbocycles. The average Bonchev–Trinajstić information content (AvgIpc) is 3.15. The lowest BCUT2D eigenvalue weighted by atomic mass is 10.1. The number of piperazine rings is 1. The number of urea groups is 1. The number of carbonyl (C=O) groups excluding carboxylic acids is 4. The van der Waals surface area contributed by atoms with E-state index >= 15 is 0 Å². The number of ether oxygens (including phenoxy) is 1. The van der Waals surface area contributed by atoms with E-state index in [0.717, 1.165) is 10.7 Å². The highest BCUT2D eigenvalue weighted by molar-refractivity contribution is 6.01. The Kier molecular flexibility index (Phi) is 6.29. The Hall–Kier alpha value is -3.95. The van der Waals surface area contributed by atoms with E-state index in [4.69, 9.17) is 4.74 Å². The predicted octanol–water partition coefficient (Wildman–Crippen LogP) is 0.639. The largest absolute Gasteiger partial charge is 0.452 e. The molecule has 0 bridgehead atoms. The third-order valence-electron chi connectivity index (χ3n) is 5.40. The summed E-state index contributed by atoms with van der Waals surface area (Å²) >= 11 is 0. The SMILES string of the molecule is O=C(OCC(=O)N1CCN(c2ccccn2)CC1)c1ccc(CN2C(=O)CNC2=O)cc1. The van der Waals surface area contributed by atoms with Gasteiger partial charge in [-0.15, -0.1) is 0 Å². The molecule has 3 heterocycles. The van der Waals surface area contributed by atoms with E-state index in [1.165, 1.54) is 0 Å². The molecule has 2 aromatic rings. The van der Waals surface area contributed by atoms with E-state index in [0.29, 0.717) is 37.3 Å². The van der Waals surface area contributed by atoms with Gasteiger partial charge in [-0.05, 0) is 29.8 Å². The van der Waals surface area contributed by atoms with E-state index in [9.17, 15) is 19.2 Å². The van der Waals surface area contributed by atoms with Gasteiger partial charge >= 0.3 is 12.0 Å². The van der Waals surface area contributed by atoms with Gasteiger partial charge in [-0.25, -0.2) is 14.6 Å². The first-order chi connectivity index (χ1) is 15.5. The van der Waals surface area contributed by atoms with E-state index in [-0.39, 0.29) is 31.5 Å². The van der Waals surface area contributed by atoms with E-state index < -0.39 is 12.0 Å². The number of pyridine rings is 1. The number of benzene rings is 1. The van der Waals surface area contributed by atoms with Gasteiger partial charge in [-0.3, -0.25) is 14.5 Å². The van der Waals surface area contributed by atoms with Crippen LogP contribution in [0.3, 0.4) is 0 Å². The summed E-state index contributed by atoms with van der Waals surface area (Å²) in [6.07, 6.45) is 1.74. The molecule has 1 N–H and O–H groups in total. The van der Waals surface area contributed by atoms with Gasteiger partial charge in [0.2, 0.25) is 5.91 Å². The zero-order valence-corrected chi connectivity index (χ0v) is 17.4. The molecule has 1 aromatic heterocycles.